The molecule has 0 fully saturated rings. The predicted molar refractivity (Wildman–Crippen MR) is 51.7 cm³/mol. The van der Waals surface area contributed by atoms with Crippen LogP contribution < -0.4 is 5.48 Å². The Labute approximate surface area is 83.8 Å². The zero-order valence-corrected chi connectivity index (χ0v) is 8.43. The van der Waals surface area contributed by atoms with E-state index in [0.717, 1.165) is 0 Å². The molecule has 0 bridgehead atoms. The number of hydroxylamine groups is 1. The Kier molecular flexibility index (Phi) is 3.58. The Bertz CT molecular complexity index is 292. The molecule has 12 heavy (non-hydrogen) atoms. The summed E-state index contributed by atoms with van der Waals surface area (Å²) in [5.41, 5.74) is 2.60. The van der Waals surface area contributed by atoms with E-state index in [0.29, 0.717) is 10.0 Å². The van der Waals surface area contributed by atoms with E-state index in [2.05, 4.69) is 38.6 Å². The average molecular weight is 248 g/mol. The molecule has 0 spiro atoms. The number of carbonyl (C=O) groups excluding carboxylic acids is 1. The molecule has 0 saturated heterocycles. The van der Waals surface area contributed by atoms with Crippen LogP contribution in [0.2, 0.25) is 0 Å². The van der Waals surface area contributed by atoms with Crippen LogP contribution in [-0.2, 0) is 4.28 Å². The first-order valence-corrected chi connectivity index (χ1v) is 4.27. The Morgan fingerprint density at radius 2 is 2.17 bits per heavy atom. The van der Waals surface area contributed by atoms with Gasteiger partial charge in [0.2, 0.25) is 0 Å². The zero-order chi connectivity index (χ0) is 8.97. The molecule has 0 saturated carbocycles. The number of hydrogen-bond donors (Lipinski definition) is 2. The van der Waals surface area contributed by atoms with E-state index in [1.807, 2.05) is 6.07 Å². The molecule has 1 aromatic carbocycles. The summed E-state index contributed by atoms with van der Waals surface area (Å²) in [7, 11) is 0. The highest BCUT2D eigenvalue weighted by molar-refractivity contribution is 9.10. The van der Waals surface area contributed by atoms with Gasteiger partial charge in [-0.15, -0.1) is 0 Å². The monoisotopic (exact) mass is 247 g/mol. The van der Waals surface area contributed by atoms with Crippen molar-refractivity contribution in [3.63, 3.8) is 0 Å². The van der Waals surface area contributed by atoms with Crippen molar-refractivity contribution in [2.45, 2.75) is 0 Å². The van der Waals surface area contributed by atoms with Crippen LogP contribution in [0.5, 0.6) is 0 Å². The molecular weight excluding hydrogens is 242 g/mol. The maximum atomic E-state index is 11.2. The fraction of sp³-hybridized carbons (Fsp3) is 0. The molecule has 0 radical (unpaired) electrons. The maximum absolute atomic E-state index is 11.2. The van der Waals surface area contributed by atoms with Gasteiger partial charge in [-0.2, -0.15) is 0 Å². The average Bonchev–Trinajstić information content (AvgIpc) is 2.05. The second-order valence-corrected chi connectivity index (χ2v) is 3.04. The smallest absolute Gasteiger partial charge is 0.267 e. The second kappa shape index (κ2) is 4.49. The summed E-state index contributed by atoms with van der Waals surface area (Å²) in [6, 6.07) is 7.03. The van der Waals surface area contributed by atoms with Crippen molar-refractivity contribution in [2.75, 3.05) is 0 Å². The van der Waals surface area contributed by atoms with Gasteiger partial charge in [-0.3, -0.25) is 4.79 Å². The molecule has 1 amide bonds. The number of thiol groups is 1. The van der Waals surface area contributed by atoms with E-state index in [1.54, 1.807) is 18.2 Å². The third kappa shape index (κ3) is 2.23. The quantitative estimate of drug-likeness (QED) is 0.477. The summed E-state index contributed by atoms with van der Waals surface area (Å²) >= 11 is 6.62. The maximum Gasteiger partial charge on any atom is 0.276 e. The molecular formula is C7H6BrNO2S. The minimum Gasteiger partial charge on any atom is -0.267 e. The van der Waals surface area contributed by atoms with E-state index >= 15 is 0 Å². The number of rotatable bonds is 2. The van der Waals surface area contributed by atoms with Gasteiger partial charge in [0, 0.05) is 17.4 Å². The molecule has 0 aliphatic carbocycles. The van der Waals surface area contributed by atoms with E-state index in [-0.39, 0.29) is 5.91 Å². The lowest BCUT2D eigenvalue weighted by Gasteiger charge is -2.01. The minimum atomic E-state index is -0.336. The number of nitrogens with one attached hydrogen (secondary N) is 1. The van der Waals surface area contributed by atoms with E-state index in [9.17, 15) is 4.79 Å². The fourth-order valence-electron chi connectivity index (χ4n) is 0.742. The number of hydrogen-bond acceptors (Lipinski definition) is 3. The van der Waals surface area contributed by atoms with Crippen molar-refractivity contribution in [1.29, 1.82) is 0 Å². The Balaban J connectivity index is 2.87. The molecule has 0 heterocycles. The van der Waals surface area contributed by atoms with Gasteiger partial charge in [0.25, 0.3) is 5.91 Å². The molecule has 1 aromatic rings. The number of benzene rings is 1. The largest absolute Gasteiger partial charge is 0.276 e. The van der Waals surface area contributed by atoms with Gasteiger partial charge in [-0.05, 0) is 28.1 Å². The van der Waals surface area contributed by atoms with Crippen LogP contribution in [0.25, 0.3) is 0 Å². The summed E-state index contributed by atoms with van der Waals surface area (Å²) in [6.07, 6.45) is 0. The van der Waals surface area contributed by atoms with Crippen molar-refractivity contribution in [1.82, 2.24) is 5.48 Å². The van der Waals surface area contributed by atoms with Gasteiger partial charge in [0.1, 0.15) is 0 Å². The fourth-order valence-corrected chi connectivity index (χ4v) is 1.29. The molecule has 0 aromatic heterocycles. The lowest BCUT2D eigenvalue weighted by molar-refractivity contribution is 0.0801. The molecule has 0 atom stereocenters. The first kappa shape index (κ1) is 9.57. The summed E-state index contributed by atoms with van der Waals surface area (Å²) in [5.74, 6) is -0.336. The van der Waals surface area contributed by atoms with E-state index in [4.69, 9.17) is 0 Å². The van der Waals surface area contributed by atoms with Crippen LogP contribution in [0.4, 0.5) is 0 Å². The lowest BCUT2D eigenvalue weighted by Crippen LogP contribution is -2.20. The van der Waals surface area contributed by atoms with Crippen molar-refractivity contribution in [3.8, 4) is 0 Å². The Morgan fingerprint density at radius 1 is 1.50 bits per heavy atom. The zero-order valence-electron chi connectivity index (χ0n) is 5.95. The van der Waals surface area contributed by atoms with E-state index in [1.165, 1.54) is 0 Å². The third-order valence-electron chi connectivity index (χ3n) is 1.26. The highest BCUT2D eigenvalue weighted by Crippen LogP contribution is 2.15. The van der Waals surface area contributed by atoms with Crippen LogP contribution in [0.15, 0.2) is 28.7 Å². The lowest BCUT2D eigenvalue weighted by atomic mass is 10.2. The van der Waals surface area contributed by atoms with Crippen molar-refractivity contribution < 1.29 is 9.08 Å². The molecule has 1 rings (SSSR count). The van der Waals surface area contributed by atoms with Crippen LogP contribution >= 0.6 is 28.8 Å². The van der Waals surface area contributed by atoms with Crippen LogP contribution in [0.3, 0.4) is 0 Å². The molecule has 3 nitrogen and oxygen atoms in total. The summed E-state index contributed by atoms with van der Waals surface area (Å²) in [4.78, 5) is 11.2. The summed E-state index contributed by atoms with van der Waals surface area (Å²) in [6.45, 7) is 0. The van der Waals surface area contributed by atoms with Gasteiger partial charge in [0.05, 0.1) is 5.56 Å². The number of amides is 1. The molecule has 0 aliphatic rings. The van der Waals surface area contributed by atoms with E-state index < -0.39 is 0 Å². The van der Waals surface area contributed by atoms with Gasteiger partial charge in [0.15, 0.2) is 0 Å². The van der Waals surface area contributed by atoms with Crippen molar-refractivity contribution >= 4 is 34.7 Å². The highest BCUT2D eigenvalue weighted by atomic mass is 79.9. The summed E-state index contributed by atoms with van der Waals surface area (Å²) in [5, 5.41) is 0. The minimum absolute atomic E-state index is 0.336. The molecule has 5 heteroatoms. The van der Waals surface area contributed by atoms with Crippen LogP contribution in [-0.4, -0.2) is 5.91 Å². The van der Waals surface area contributed by atoms with Crippen LogP contribution in [0.1, 0.15) is 10.4 Å². The van der Waals surface area contributed by atoms with Crippen molar-refractivity contribution in [3.05, 3.63) is 34.3 Å². The standard InChI is InChI=1S/C7H6BrNO2S/c8-6-4-2-1-3-5(6)7(10)9-11-12/h1-4,12H,(H,9,10). The number of carbonyl (C=O) groups is 1. The summed E-state index contributed by atoms with van der Waals surface area (Å²) < 4.78 is 4.90. The molecule has 0 aliphatic heterocycles. The van der Waals surface area contributed by atoms with Gasteiger partial charge in [-0.1, -0.05) is 12.1 Å². The predicted octanol–water partition coefficient (Wildman–Crippen LogP) is 1.96. The Hall–Kier alpha value is -0.520. The normalized spacial score (nSPS) is 9.50. The van der Waals surface area contributed by atoms with Gasteiger partial charge < -0.3 is 0 Å². The van der Waals surface area contributed by atoms with Gasteiger partial charge in [-0.25, -0.2) is 9.76 Å². The Morgan fingerprint density at radius 3 is 2.75 bits per heavy atom. The SMILES string of the molecule is O=C(NOS)c1ccccc1Br. The second-order valence-electron chi connectivity index (χ2n) is 2.00. The molecule has 1 N–H and O–H groups in total. The van der Waals surface area contributed by atoms with Crippen LogP contribution in [0, 0.1) is 0 Å². The molecule has 64 valence electrons. The topological polar surface area (TPSA) is 38.3 Å². The first-order chi connectivity index (χ1) is 5.75. The molecule has 0 unspecified atom stereocenters. The highest BCUT2D eigenvalue weighted by Gasteiger charge is 2.07. The number of halogens is 1. The first-order valence-electron chi connectivity index (χ1n) is 3.11. The van der Waals surface area contributed by atoms with Crippen molar-refractivity contribution in [2.24, 2.45) is 0 Å². The third-order valence-corrected chi connectivity index (χ3v) is 2.04. The van der Waals surface area contributed by atoms with Gasteiger partial charge >= 0.3 is 0 Å².